The van der Waals surface area contributed by atoms with E-state index in [2.05, 4.69) is 9.80 Å². The summed E-state index contributed by atoms with van der Waals surface area (Å²) in [5.74, 6) is 0.266. The third-order valence-electron chi connectivity index (χ3n) is 5.14. The number of aliphatic carboxylic acids is 1. The summed E-state index contributed by atoms with van der Waals surface area (Å²) in [6.45, 7) is 5.70. The Kier molecular flexibility index (Phi) is 4.08. The number of hydrogen-bond acceptors (Lipinski definition) is 3. The molecule has 19 heavy (non-hydrogen) atoms. The molecule has 1 aliphatic heterocycles. The van der Waals surface area contributed by atoms with Gasteiger partial charge in [-0.1, -0.05) is 12.8 Å². The van der Waals surface area contributed by atoms with E-state index in [1.54, 1.807) is 0 Å². The van der Waals surface area contributed by atoms with Gasteiger partial charge >= 0.3 is 5.97 Å². The Morgan fingerprint density at radius 3 is 2.32 bits per heavy atom. The van der Waals surface area contributed by atoms with Gasteiger partial charge in [0.1, 0.15) is 0 Å². The number of hydrogen-bond donors (Lipinski definition) is 1. The molecule has 4 heteroatoms. The molecule has 0 radical (unpaired) electrons. The van der Waals surface area contributed by atoms with Crippen LogP contribution in [0.5, 0.6) is 0 Å². The van der Waals surface area contributed by atoms with Crippen LogP contribution in [0.25, 0.3) is 0 Å². The Hall–Kier alpha value is -0.610. The highest BCUT2D eigenvalue weighted by Gasteiger charge is 2.36. The molecule has 108 valence electrons. The highest BCUT2D eigenvalue weighted by molar-refractivity contribution is 5.71. The second kappa shape index (κ2) is 5.80. The van der Waals surface area contributed by atoms with Gasteiger partial charge in [0.15, 0.2) is 0 Å². The fraction of sp³-hybridized carbons (Fsp3) is 0.933. The van der Waals surface area contributed by atoms with Crippen LogP contribution in [0, 0.1) is 11.8 Å². The van der Waals surface area contributed by atoms with E-state index in [0.717, 1.165) is 51.4 Å². The summed E-state index contributed by atoms with van der Waals surface area (Å²) in [7, 11) is 0. The molecule has 3 fully saturated rings. The normalized spacial score (nSPS) is 34.3. The summed E-state index contributed by atoms with van der Waals surface area (Å²) in [4.78, 5) is 16.4. The van der Waals surface area contributed by atoms with Gasteiger partial charge in [-0.3, -0.25) is 9.69 Å². The highest BCUT2D eigenvalue weighted by atomic mass is 16.4. The Morgan fingerprint density at radius 1 is 1.00 bits per heavy atom. The first-order chi connectivity index (χ1) is 9.24. The SMILES string of the molecule is O=C(O)C1CCCCC1N1CCN(CC2CC2)CC1. The minimum Gasteiger partial charge on any atom is -0.481 e. The van der Waals surface area contributed by atoms with Gasteiger partial charge in [0.05, 0.1) is 5.92 Å². The monoisotopic (exact) mass is 266 g/mol. The molecule has 0 aromatic heterocycles. The van der Waals surface area contributed by atoms with Crippen molar-refractivity contribution >= 4 is 5.97 Å². The minimum absolute atomic E-state index is 0.122. The fourth-order valence-electron chi connectivity index (χ4n) is 3.78. The van der Waals surface area contributed by atoms with E-state index in [1.807, 2.05) is 0 Å². The van der Waals surface area contributed by atoms with E-state index < -0.39 is 5.97 Å². The summed E-state index contributed by atoms with van der Waals surface area (Å²) in [6.07, 6.45) is 7.10. The average Bonchev–Trinajstić information content (AvgIpc) is 3.23. The van der Waals surface area contributed by atoms with Crippen molar-refractivity contribution in [2.75, 3.05) is 32.7 Å². The van der Waals surface area contributed by atoms with E-state index in [9.17, 15) is 9.90 Å². The van der Waals surface area contributed by atoms with Crippen LogP contribution < -0.4 is 0 Å². The van der Waals surface area contributed by atoms with Gasteiger partial charge in [0, 0.05) is 38.8 Å². The summed E-state index contributed by atoms with van der Waals surface area (Å²) in [5, 5.41) is 9.38. The van der Waals surface area contributed by atoms with Crippen LogP contribution in [0.4, 0.5) is 0 Å². The van der Waals surface area contributed by atoms with Crippen molar-refractivity contribution in [2.24, 2.45) is 11.8 Å². The molecule has 1 heterocycles. The molecule has 0 amide bonds. The van der Waals surface area contributed by atoms with Crippen LogP contribution in [0.3, 0.4) is 0 Å². The molecule has 0 bridgehead atoms. The topological polar surface area (TPSA) is 43.8 Å². The molecule has 1 N–H and O–H groups in total. The number of rotatable bonds is 4. The molecule has 2 atom stereocenters. The standard InChI is InChI=1S/C15H26N2O2/c18-15(19)13-3-1-2-4-14(13)17-9-7-16(8-10-17)11-12-5-6-12/h12-14H,1-11H2,(H,18,19). The largest absolute Gasteiger partial charge is 0.481 e. The Balaban J connectivity index is 1.52. The van der Waals surface area contributed by atoms with Crippen molar-refractivity contribution in [3.63, 3.8) is 0 Å². The molecule has 1 saturated heterocycles. The lowest BCUT2D eigenvalue weighted by Gasteiger charge is -2.43. The van der Waals surface area contributed by atoms with Crippen LogP contribution in [-0.4, -0.2) is 59.6 Å². The van der Waals surface area contributed by atoms with Gasteiger partial charge in [-0.2, -0.15) is 0 Å². The third-order valence-corrected chi connectivity index (χ3v) is 5.14. The van der Waals surface area contributed by atoms with Gasteiger partial charge in [-0.15, -0.1) is 0 Å². The molecular weight excluding hydrogens is 240 g/mol. The zero-order valence-electron chi connectivity index (χ0n) is 11.8. The Bertz CT molecular complexity index is 322. The highest BCUT2D eigenvalue weighted by Crippen LogP contribution is 2.32. The molecule has 2 saturated carbocycles. The molecule has 4 nitrogen and oxygen atoms in total. The van der Waals surface area contributed by atoms with Crippen LogP contribution in [0.2, 0.25) is 0 Å². The van der Waals surface area contributed by atoms with Gasteiger partial charge in [0.25, 0.3) is 0 Å². The number of nitrogens with zero attached hydrogens (tertiary/aromatic N) is 2. The first kappa shape index (κ1) is 13.4. The number of piperazine rings is 1. The van der Waals surface area contributed by atoms with Crippen molar-refractivity contribution in [2.45, 2.75) is 44.6 Å². The number of carbonyl (C=O) groups is 1. The minimum atomic E-state index is -0.579. The van der Waals surface area contributed by atoms with E-state index in [-0.39, 0.29) is 5.92 Å². The molecule has 0 spiro atoms. The van der Waals surface area contributed by atoms with Crippen molar-refractivity contribution in [3.8, 4) is 0 Å². The summed E-state index contributed by atoms with van der Waals surface area (Å²) < 4.78 is 0. The zero-order valence-corrected chi connectivity index (χ0v) is 11.8. The van der Waals surface area contributed by atoms with Crippen LogP contribution in [0.15, 0.2) is 0 Å². The molecule has 2 unspecified atom stereocenters. The first-order valence-electron chi connectivity index (χ1n) is 7.93. The maximum absolute atomic E-state index is 11.4. The Morgan fingerprint density at radius 2 is 1.68 bits per heavy atom. The van der Waals surface area contributed by atoms with Crippen LogP contribution in [0.1, 0.15) is 38.5 Å². The number of carboxylic acids is 1. The van der Waals surface area contributed by atoms with Crippen molar-refractivity contribution in [1.82, 2.24) is 9.80 Å². The number of carboxylic acid groups (broad SMARTS) is 1. The molecule has 0 aromatic rings. The average molecular weight is 266 g/mol. The van der Waals surface area contributed by atoms with Gasteiger partial charge in [-0.05, 0) is 31.6 Å². The smallest absolute Gasteiger partial charge is 0.308 e. The van der Waals surface area contributed by atoms with Crippen LogP contribution >= 0.6 is 0 Å². The molecule has 2 aliphatic carbocycles. The van der Waals surface area contributed by atoms with E-state index >= 15 is 0 Å². The second-order valence-electron chi connectivity index (χ2n) is 6.58. The second-order valence-corrected chi connectivity index (χ2v) is 6.58. The predicted octanol–water partition coefficient (Wildman–Crippen LogP) is 1.66. The lowest BCUT2D eigenvalue weighted by Crippen LogP contribution is -2.54. The fourth-order valence-corrected chi connectivity index (χ4v) is 3.78. The first-order valence-corrected chi connectivity index (χ1v) is 7.93. The lowest BCUT2D eigenvalue weighted by atomic mass is 9.83. The molecule has 3 aliphatic rings. The molecule has 3 rings (SSSR count). The van der Waals surface area contributed by atoms with Gasteiger partial charge < -0.3 is 10.0 Å². The molecule has 0 aromatic carbocycles. The maximum atomic E-state index is 11.4. The van der Waals surface area contributed by atoms with Crippen molar-refractivity contribution < 1.29 is 9.90 Å². The van der Waals surface area contributed by atoms with E-state index in [0.29, 0.717) is 6.04 Å². The lowest BCUT2D eigenvalue weighted by molar-refractivity contribution is -0.146. The summed E-state index contributed by atoms with van der Waals surface area (Å²) >= 11 is 0. The van der Waals surface area contributed by atoms with Crippen LogP contribution in [-0.2, 0) is 4.79 Å². The maximum Gasteiger partial charge on any atom is 0.308 e. The summed E-state index contributed by atoms with van der Waals surface area (Å²) in [5.41, 5.74) is 0. The summed E-state index contributed by atoms with van der Waals surface area (Å²) in [6, 6.07) is 0.300. The van der Waals surface area contributed by atoms with E-state index in [4.69, 9.17) is 0 Å². The predicted molar refractivity (Wildman–Crippen MR) is 74.1 cm³/mol. The zero-order chi connectivity index (χ0) is 13.2. The quantitative estimate of drug-likeness (QED) is 0.840. The van der Waals surface area contributed by atoms with Gasteiger partial charge in [0.2, 0.25) is 0 Å². The molecular formula is C15H26N2O2. The Labute approximate surface area is 115 Å². The third kappa shape index (κ3) is 3.29. The van der Waals surface area contributed by atoms with Gasteiger partial charge in [-0.25, -0.2) is 0 Å². The van der Waals surface area contributed by atoms with E-state index in [1.165, 1.54) is 25.8 Å². The van der Waals surface area contributed by atoms with Crippen molar-refractivity contribution in [1.29, 1.82) is 0 Å². The van der Waals surface area contributed by atoms with Crippen molar-refractivity contribution in [3.05, 3.63) is 0 Å².